The third-order valence-electron chi connectivity index (χ3n) is 12.4. The first-order valence-corrected chi connectivity index (χ1v) is 37.1. The molecule has 0 aromatic heterocycles. The molecule has 25 heteroatoms. The Morgan fingerprint density at radius 2 is 1.16 bits per heavy atom. The molecule has 4 aromatic rings. The van der Waals surface area contributed by atoms with Gasteiger partial charge in [0.15, 0.2) is 6.29 Å². The fourth-order valence-corrected chi connectivity index (χ4v) is 15.5. The number of halogens is 1. The van der Waals surface area contributed by atoms with Gasteiger partial charge in [0.25, 0.3) is 6.64 Å². The molecule has 0 heterocycles. The normalized spacial score (nSPS) is 14.8. The van der Waals surface area contributed by atoms with Crippen LogP contribution in [0.1, 0.15) is 158 Å². The zero-order valence-corrected chi connectivity index (χ0v) is 61.9. The molecule has 0 bridgehead atoms. The summed E-state index contributed by atoms with van der Waals surface area (Å²) < 4.78 is 97.2. The number of nitrogens with one attached hydrogen (secondary N) is 4. The van der Waals surface area contributed by atoms with Crippen molar-refractivity contribution in [1.82, 2.24) is 20.6 Å². The standard InChI is InChI=1S/C32H45N2O4P.C21H37ClNO6PS.C13H28NO6P/c1-26(2)34-39(35,38-31(3,4)5)37-25-15-9-14-24-33-32(27-16-10-7-11-17-27,28-18-12-8-13-19-28)29-20-22-30(36-6)23-21-29;1-8-26-14-16(2)15-28-30(31,29-21(3,4)5)23-11-12-27-17-9-10-18(19(22)13-17)20(24-6)25-7;1-11(7-8-12(15)18-6)19-21(16,14-9-10-17-5)20-13(2,3)4/h7-8,10-13,16-23,26,33H,9,14-15,24-25H2,1-6H3,(H,34,35);9-10,13,16,20H,8,11-12,14-15H2,1-7H3,(H,23,31);11H,7-10H2,1-6H3,(H,14,16). The van der Waals surface area contributed by atoms with E-state index in [9.17, 15) is 13.9 Å². The molecule has 0 spiro atoms. The van der Waals surface area contributed by atoms with Crippen LogP contribution < -0.4 is 30.1 Å². The predicted molar refractivity (Wildman–Crippen MR) is 369 cm³/mol. The third-order valence-corrected chi connectivity index (χ3v) is 19.7. The molecular formula is C66H110ClN4O16P3S. The molecule has 0 fully saturated rings. The Bertz CT molecular complexity index is 2730. The van der Waals surface area contributed by atoms with Gasteiger partial charge in [0.05, 0.1) is 74.1 Å². The van der Waals surface area contributed by atoms with Crippen molar-refractivity contribution < 1.29 is 74.2 Å². The van der Waals surface area contributed by atoms with Crippen LogP contribution in [0.5, 0.6) is 11.5 Å². The number of benzene rings is 4. The van der Waals surface area contributed by atoms with Crippen LogP contribution in [-0.2, 0) is 82.1 Å². The van der Waals surface area contributed by atoms with Crippen LogP contribution in [0.25, 0.3) is 0 Å². The van der Waals surface area contributed by atoms with Crippen LogP contribution in [0.4, 0.5) is 0 Å². The monoisotopic (exact) mass is 1370 g/mol. The Balaban J connectivity index is 0.000000488. The van der Waals surface area contributed by atoms with Crippen molar-refractivity contribution in [2.45, 2.75) is 170 Å². The maximum atomic E-state index is 13.2. The Labute approximate surface area is 555 Å². The van der Waals surface area contributed by atoms with Crippen molar-refractivity contribution in [1.29, 1.82) is 0 Å². The summed E-state index contributed by atoms with van der Waals surface area (Å²) in [4.78, 5) is 11.1. The first-order valence-electron chi connectivity index (χ1n) is 31.0. The molecule has 0 amide bonds. The Kier molecular flexibility index (Phi) is 39.1. The lowest BCUT2D eigenvalue weighted by Crippen LogP contribution is -2.45. The van der Waals surface area contributed by atoms with Crippen molar-refractivity contribution in [2.24, 2.45) is 5.92 Å². The Morgan fingerprint density at radius 3 is 1.67 bits per heavy atom. The van der Waals surface area contributed by atoms with Gasteiger partial charge >= 0.3 is 21.5 Å². The molecule has 0 aliphatic carbocycles. The van der Waals surface area contributed by atoms with Gasteiger partial charge in [0.1, 0.15) is 18.1 Å². The Morgan fingerprint density at radius 1 is 0.615 bits per heavy atom. The molecule has 4 aromatic carbocycles. The highest BCUT2D eigenvalue weighted by molar-refractivity contribution is 8.09. The molecule has 0 aliphatic heterocycles. The average molecular weight is 1380 g/mol. The lowest BCUT2D eigenvalue weighted by Gasteiger charge is -2.37. The molecule has 0 saturated carbocycles. The average Bonchev–Trinajstić information content (AvgIpc) is 0.819. The molecule has 0 saturated heterocycles. The summed E-state index contributed by atoms with van der Waals surface area (Å²) in [6, 6.07) is 34.8. The second kappa shape index (κ2) is 42.4. The molecule has 4 rings (SSSR count). The summed E-state index contributed by atoms with van der Waals surface area (Å²) in [7, 11) is 0.826. The molecule has 5 unspecified atom stereocenters. The predicted octanol–water partition coefficient (Wildman–Crippen LogP) is 15.5. The first kappa shape index (κ1) is 83.9. The van der Waals surface area contributed by atoms with E-state index in [0.29, 0.717) is 69.9 Å². The van der Waals surface area contributed by atoms with Gasteiger partial charge in [0.2, 0.25) is 0 Å². The van der Waals surface area contributed by atoms with E-state index in [1.807, 2.05) is 98.7 Å². The number of unbranched alkanes of at least 4 members (excludes halogenated alkanes) is 2. The summed E-state index contributed by atoms with van der Waals surface area (Å²) in [6.07, 6.45) is 2.31. The molecule has 20 nitrogen and oxygen atoms in total. The first-order chi connectivity index (χ1) is 42.7. The van der Waals surface area contributed by atoms with Gasteiger partial charge in [-0.05, 0) is 181 Å². The zero-order valence-electron chi connectivity index (χ0n) is 57.7. The third kappa shape index (κ3) is 34.3. The molecule has 518 valence electrons. The minimum absolute atomic E-state index is 0.00978. The quantitative estimate of drug-likeness (QED) is 0.0107. The number of carbonyl (C=O) groups is 1. The highest BCUT2D eigenvalue weighted by Crippen LogP contribution is 2.51. The number of methoxy groups -OCH3 is 5. The minimum atomic E-state index is -3.48. The van der Waals surface area contributed by atoms with E-state index in [4.69, 9.17) is 79.0 Å². The van der Waals surface area contributed by atoms with Crippen molar-refractivity contribution in [3.63, 3.8) is 0 Å². The molecule has 5 atom stereocenters. The molecule has 91 heavy (non-hydrogen) atoms. The number of carbonyl (C=O) groups excluding carboxylic acids is 1. The van der Waals surface area contributed by atoms with Gasteiger partial charge in [-0.2, -0.15) is 0 Å². The van der Waals surface area contributed by atoms with Gasteiger partial charge in [-0.25, -0.2) is 24.4 Å². The largest absolute Gasteiger partial charge is 0.497 e. The summed E-state index contributed by atoms with van der Waals surface area (Å²) in [6.45, 7) is 28.3. The fourth-order valence-electron chi connectivity index (χ4n) is 8.65. The molecule has 0 radical (unpaired) electrons. The molecule has 0 aliphatic rings. The van der Waals surface area contributed by atoms with Crippen molar-refractivity contribution in [3.8, 4) is 11.5 Å². The summed E-state index contributed by atoms with van der Waals surface area (Å²) in [5, 5.41) is 13.4. The van der Waals surface area contributed by atoms with E-state index in [0.717, 1.165) is 42.7 Å². The Hall–Kier alpha value is -3.21. The van der Waals surface area contributed by atoms with E-state index in [1.54, 1.807) is 62.2 Å². The van der Waals surface area contributed by atoms with Crippen LogP contribution in [-0.4, -0.2) is 130 Å². The van der Waals surface area contributed by atoms with Gasteiger partial charge in [-0.15, -0.1) is 0 Å². The van der Waals surface area contributed by atoms with Gasteiger partial charge in [-0.1, -0.05) is 91.3 Å². The van der Waals surface area contributed by atoms with Crippen LogP contribution in [0, 0.1) is 5.92 Å². The molecule has 4 N–H and O–H groups in total. The highest BCUT2D eigenvalue weighted by Gasteiger charge is 2.37. The zero-order chi connectivity index (χ0) is 68.4. The van der Waals surface area contributed by atoms with Crippen LogP contribution in [0.2, 0.25) is 5.02 Å². The van der Waals surface area contributed by atoms with Crippen molar-refractivity contribution in [2.75, 3.05) is 94.8 Å². The topological polar surface area (TPSA) is 219 Å². The smallest absolute Gasteiger partial charge is 0.406 e. The van der Waals surface area contributed by atoms with Crippen molar-refractivity contribution >= 4 is 51.5 Å². The van der Waals surface area contributed by atoms with Gasteiger partial charge in [-0.3, -0.25) is 28.2 Å². The van der Waals surface area contributed by atoms with Crippen LogP contribution in [0.3, 0.4) is 0 Å². The lowest BCUT2D eigenvalue weighted by atomic mass is 9.77. The summed E-state index contributed by atoms with van der Waals surface area (Å²) in [5.74, 6) is 1.35. The number of ether oxygens (including phenoxy) is 7. The maximum Gasteiger partial charge on any atom is 0.406 e. The van der Waals surface area contributed by atoms with E-state index in [-0.39, 0.29) is 24.3 Å². The number of rotatable bonds is 40. The number of hydrogen-bond donors (Lipinski definition) is 4. The maximum absolute atomic E-state index is 13.2. The fraction of sp³-hybridized carbons (Fsp3) is 0.621. The van der Waals surface area contributed by atoms with Crippen LogP contribution >= 0.6 is 33.7 Å². The van der Waals surface area contributed by atoms with E-state index in [2.05, 4.69) is 92.9 Å². The second-order valence-corrected chi connectivity index (χ2v) is 31.7. The van der Waals surface area contributed by atoms with E-state index in [1.165, 1.54) is 18.2 Å². The minimum Gasteiger partial charge on any atom is -0.497 e. The van der Waals surface area contributed by atoms with Gasteiger partial charge in [0, 0.05) is 65.0 Å². The van der Waals surface area contributed by atoms with Crippen molar-refractivity contribution in [3.05, 3.63) is 130 Å². The SMILES string of the molecule is CCOCC(C)COP(=S)(NCCOc1ccc(C(OC)OC)c(Cl)c1)OC(C)(C)C.COCCNP(=O)(OC(C)CCC(=O)OC)OC(C)(C)C.COc1ccc(C(NCCCCCOP(=O)(NC(C)C)OC(C)(C)C)(c2ccccc2)c2ccccc2)cc1. The second-order valence-electron chi connectivity index (χ2n) is 24.7. The number of esters is 1. The van der Waals surface area contributed by atoms with E-state index >= 15 is 0 Å². The summed E-state index contributed by atoms with van der Waals surface area (Å²) in [5.41, 5.74) is 2.07. The van der Waals surface area contributed by atoms with E-state index < -0.39 is 56.9 Å². The molecular weight excluding hydrogens is 1270 g/mol. The lowest BCUT2D eigenvalue weighted by molar-refractivity contribution is -0.141. The number of hydrogen-bond acceptors (Lipinski definition) is 18. The van der Waals surface area contributed by atoms with Crippen LogP contribution in [0.15, 0.2) is 103 Å². The van der Waals surface area contributed by atoms with Gasteiger partial charge < -0.3 is 42.2 Å². The highest BCUT2D eigenvalue weighted by atomic mass is 35.5. The summed E-state index contributed by atoms with van der Waals surface area (Å²) >= 11 is 12.0.